The zero-order chi connectivity index (χ0) is 15.5. The molecule has 110 valence electrons. The molecule has 0 spiro atoms. The van der Waals surface area contributed by atoms with Gasteiger partial charge in [-0.05, 0) is 36.8 Å². The van der Waals surface area contributed by atoms with E-state index in [0.717, 1.165) is 11.1 Å². The molecule has 0 unspecified atom stereocenters. The van der Waals surface area contributed by atoms with Gasteiger partial charge in [0.25, 0.3) is 0 Å². The molecule has 1 heterocycles. The SMILES string of the molecule is Cc1ccc(/C=N\n2c(-c3ccccc3Cl)n[nH]c2=S)cc1. The predicted octanol–water partition coefficient (Wildman–Crippen LogP) is 4.45. The molecule has 4 nitrogen and oxygen atoms in total. The van der Waals surface area contributed by atoms with Gasteiger partial charge in [0.2, 0.25) is 4.77 Å². The summed E-state index contributed by atoms with van der Waals surface area (Å²) in [5.41, 5.74) is 2.96. The lowest BCUT2D eigenvalue weighted by Gasteiger charge is -2.03. The Morgan fingerprint density at radius 2 is 1.91 bits per heavy atom. The standard InChI is InChI=1S/C16H13ClN4S/c1-11-6-8-12(9-7-11)10-18-21-15(19-20-16(21)22)13-4-2-3-5-14(13)17/h2-10H,1H3,(H,20,22)/b18-10-. The molecule has 0 bridgehead atoms. The molecule has 1 aromatic heterocycles. The molecule has 22 heavy (non-hydrogen) atoms. The molecule has 0 amide bonds. The quantitative estimate of drug-likeness (QED) is 0.570. The Hall–Kier alpha value is -2.24. The first kappa shape index (κ1) is 14.7. The third-order valence-electron chi connectivity index (χ3n) is 3.16. The number of nitrogens with zero attached hydrogens (tertiary/aromatic N) is 3. The van der Waals surface area contributed by atoms with E-state index in [-0.39, 0.29) is 0 Å². The van der Waals surface area contributed by atoms with Crippen LogP contribution in [0.3, 0.4) is 0 Å². The Labute approximate surface area is 138 Å². The fraction of sp³-hybridized carbons (Fsp3) is 0.0625. The fourth-order valence-electron chi connectivity index (χ4n) is 1.99. The monoisotopic (exact) mass is 328 g/mol. The van der Waals surface area contributed by atoms with E-state index in [9.17, 15) is 0 Å². The summed E-state index contributed by atoms with van der Waals surface area (Å²) >= 11 is 11.5. The second kappa shape index (κ2) is 6.25. The van der Waals surface area contributed by atoms with Crippen LogP contribution in [0.2, 0.25) is 5.02 Å². The van der Waals surface area contributed by atoms with E-state index in [4.69, 9.17) is 23.8 Å². The van der Waals surface area contributed by atoms with Gasteiger partial charge >= 0.3 is 0 Å². The van der Waals surface area contributed by atoms with Gasteiger partial charge in [-0.2, -0.15) is 14.9 Å². The number of nitrogens with one attached hydrogen (secondary N) is 1. The summed E-state index contributed by atoms with van der Waals surface area (Å²) < 4.78 is 1.98. The number of benzene rings is 2. The molecule has 1 N–H and O–H groups in total. The maximum Gasteiger partial charge on any atom is 0.216 e. The lowest BCUT2D eigenvalue weighted by molar-refractivity contribution is 0.871. The third-order valence-corrected chi connectivity index (χ3v) is 3.76. The van der Waals surface area contributed by atoms with Crippen LogP contribution in [-0.2, 0) is 0 Å². The summed E-state index contributed by atoms with van der Waals surface area (Å²) in [7, 11) is 0. The van der Waals surface area contributed by atoms with E-state index in [1.165, 1.54) is 5.56 Å². The van der Waals surface area contributed by atoms with Crippen LogP contribution in [0.4, 0.5) is 0 Å². The molecular formula is C16H13ClN4S. The van der Waals surface area contributed by atoms with Gasteiger partial charge in [0.15, 0.2) is 5.82 Å². The molecule has 0 atom stereocenters. The smallest absolute Gasteiger partial charge is 0.216 e. The molecule has 2 aromatic carbocycles. The minimum atomic E-state index is 0.415. The second-order valence-electron chi connectivity index (χ2n) is 4.80. The molecule has 0 aliphatic heterocycles. The van der Waals surface area contributed by atoms with E-state index >= 15 is 0 Å². The van der Waals surface area contributed by atoms with Gasteiger partial charge in [0, 0.05) is 5.56 Å². The lowest BCUT2D eigenvalue weighted by atomic mass is 10.2. The van der Waals surface area contributed by atoms with Crippen LogP contribution >= 0.6 is 23.8 Å². The van der Waals surface area contributed by atoms with Gasteiger partial charge in [-0.1, -0.05) is 53.6 Å². The fourth-order valence-corrected chi connectivity index (χ4v) is 2.39. The van der Waals surface area contributed by atoms with Crippen molar-refractivity contribution >= 4 is 30.0 Å². The number of aromatic nitrogens is 3. The van der Waals surface area contributed by atoms with Crippen LogP contribution in [0.15, 0.2) is 53.6 Å². The van der Waals surface area contributed by atoms with Gasteiger partial charge in [-0.25, -0.2) is 5.10 Å². The molecule has 0 aliphatic rings. The van der Waals surface area contributed by atoms with Crippen molar-refractivity contribution in [3.63, 3.8) is 0 Å². The number of aryl methyl sites for hydroxylation is 1. The maximum atomic E-state index is 6.22. The zero-order valence-corrected chi connectivity index (χ0v) is 13.4. The number of hydrogen-bond donors (Lipinski definition) is 1. The normalized spacial score (nSPS) is 11.2. The summed E-state index contributed by atoms with van der Waals surface area (Å²) in [5.74, 6) is 0.582. The number of hydrogen-bond acceptors (Lipinski definition) is 3. The highest BCUT2D eigenvalue weighted by molar-refractivity contribution is 7.71. The van der Waals surface area contributed by atoms with Gasteiger partial charge in [0.1, 0.15) is 0 Å². The summed E-state index contributed by atoms with van der Waals surface area (Å²) in [6.45, 7) is 2.04. The van der Waals surface area contributed by atoms with Crippen molar-refractivity contribution in [3.05, 3.63) is 69.5 Å². The van der Waals surface area contributed by atoms with E-state index in [1.807, 2.05) is 55.5 Å². The average molecular weight is 329 g/mol. The van der Waals surface area contributed by atoms with Crippen molar-refractivity contribution in [2.75, 3.05) is 0 Å². The maximum absolute atomic E-state index is 6.22. The van der Waals surface area contributed by atoms with Crippen LogP contribution in [0.1, 0.15) is 11.1 Å². The highest BCUT2D eigenvalue weighted by Gasteiger charge is 2.10. The van der Waals surface area contributed by atoms with Crippen molar-refractivity contribution in [2.45, 2.75) is 6.92 Å². The minimum absolute atomic E-state index is 0.415. The van der Waals surface area contributed by atoms with Gasteiger partial charge < -0.3 is 0 Å². The van der Waals surface area contributed by atoms with Crippen molar-refractivity contribution in [1.29, 1.82) is 0 Å². The summed E-state index contributed by atoms with van der Waals surface area (Å²) in [5, 5.41) is 12.0. The first-order valence-corrected chi connectivity index (χ1v) is 7.47. The van der Waals surface area contributed by atoms with E-state index in [0.29, 0.717) is 15.6 Å². The molecular weight excluding hydrogens is 316 g/mol. The number of halogens is 1. The number of aromatic amines is 1. The van der Waals surface area contributed by atoms with Crippen molar-refractivity contribution in [3.8, 4) is 11.4 Å². The largest absolute Gasteiger partial charge is 0.250 e. The average Bonchev–Trinajstić information content (AvgIpc) is 2.88. The Bertz CT molecular complexity index is 878. The molecule has 0 saturated carbocycles. The van der Waals surface area contributed by atoms with E-state index < -0.39 is 0 Å². The Balaban J connectivity index is 2.02. The highest BCUT2D eigenvalue weighted by atomic mass is 35.5. The van der Waals surface area contributed by atoms with E-state index in [1.54, 1.807) is 10.9 Å². The van der Waals surface area contributed by atoms with Crippen molar-refractivity contribution < 1.29 is 0 Å². The van der Waals surface area contributed by atoms with Crippen LogP contribution in [-0.4, -0.2) is 21.1 Å². The zero-order valence-electron chi connectivity index (χ0n) is 11.8. The minimum Gasteiger partial charge on any atom is -0.250 e. The number of H-pyrrole nitrogens is 1. The van der Waals surface area contributed by atoms with Gasteiger partial charge in [-0.3, -0.25) is 0 Å². The van der Waals surface area contributed by atoms with Gasteiger partial charge in [-0.15, -0.1) is 0 Å². The summed E-state index contributed by atoms with van der Waals surface area (Å²) in [4.78, 5) is 0. The Morgan fingerprint density at radius 1 is 1.18 bits per heavy atom. The Morgan fingerprint density at radius 3 is 2.64 bits per heavy atom. The molecule has 0 radical (unpaired) electrons. The molecule has 3 rings (SSSR count). The summed E-state index contributed by atoms with van der Waals surface area (Å²) in [6, 6.07) is 15.5. The first-order valence-electron chi connectivity index (χ1n) is 6.68. The molecule has 0 aliphatic carbocycles. The predicted molar refractivity (Wildman–Crippen MR) is 92.0 cm³/mol. The molecule has 0 saturated heterocycles. The second-order valence-corrected chi connectivity index (χ2v) is 5.59. The first-order chi connectivity index (χ1) is 10.6. The lowest BCUT2D eigenvalue weighted by Crippen LogP contribution is -1.95. The molecule has 0 fully saturated rings. The van der Waals surface area contributed by atoms with Crippen LogP contribution in [0, 0.1) is 11.7 Å². The highest BCUT2D eigenvalue weighted by Crippen LogP contribution is 2.25. The van der Waals surface area contributed by atoms with Crippen LogP contribution in [0.25, 0.3) is 11.4 Å². The topological polar surface area (TPSA) is 46.0 Å². The number of rotatable bonds is 3. The van der Waals surface area contributed by atoms with Gasteiger partial charge in [0.05, 0.1) is 11.2 Å². The van der Waals surface area contributed by atoms with Crippen LogP contribution < -0.4 is 0 Å². The van der Waals surface area contributed by atoms with Crippen molar-refractivity contribution in [1.82, 2.24) is 14.9 Å². The van der Waals surface area contributed by atoms with Crippen LogP contribution in [0.5, 0.6) is 0 Å². The summed E-state index contributed by atoms with van der Waals surface area (Å²) in [6.07, 6.45) is 1.74. The molecule has 3 aromatic rings. The van der Waals surface area contributed by atoms with Crippen molar-refractivity contribution in [2.24, 2.45) is 5.10 Å². The van der Waals surface area contributed by atoms with E-state index in [2.05, 4.69) is 15.3 Å². The Kier molecular flexibility index (Phi) is 4.18. The molecule has 6 heteroatoms. The third kappa shape index (κ3) is 3.00.